The quantitative estimate of drug-likeness (QED) is 0.238. The molecular formula is C3H3O-. The van der Waals surface area contributed by atoms with Crippen molar-refractivity contribution in [2.75, 3.05) is 0 Å². The molecule has 0 fully saturated rings. The van der Waals surface area contributed by atoms with Crippen LogP contribution < -0.4 is 0 Å². The molecule has 0 atom stereocenters. The van der Waals surface area contributed by atoms with E-state index in [0.717, 1.165) is 6.08 Å². The van der Waals surface area contributed by atoms with Gasteiger partial charge in [-0.1, -0.05) is 1.37 Å². The molecule has 0 aromatic heterocycles. The van der Waals surface area contributed by atoms with Gasteiger partial charge >= 0.3 is 0 Å². The number of aldehydes is 1. The SMILES string of the molecule is [2H][C-]=CC=O. The molecule has 0 aliphatic heterocycles. The average Bonchev–Trinajstić information content (AvgIpc) is 1.41. The molecule has 22 valence electrons. The van der Waals surface area contributed by atoms with Gasteiger partial charge in [-0.25, -0.2) is 6.08 Å². The van der Waals surface area contributed by atoms with E-state index in [1.54, 1.807) is 6.55 Å². The topological polar surface area (TPSA) is 17.1 Å². The lowest BCUT2D eigenvalue weighted by molar-refractivity contribution is -0.104. The summed E-state index contributed by atoms with van der Waals surface area (Å²) < 4.78 is 6.07. The van der Waals surface area contributed by atoms with Crippen LogP contribution in [0, 0.1) is 6.55 Å². The maximum absolute atomic E-state index is 9.17. The van der Waals surface area contributed by atoms with Crippen LogP contribution in [0.15, 0.2) is 6.08 Å². The van der Waals surface area contributed by atoms with E-state index in [0.29, 0.717) is 6.29 Å². The average molecular weight is 56.1 g/mol. The zero-order valence-corrected chi connectivity index (χ0v) is 2.06. The van der Waals surface area contributed by atoms with Crippen LogP contribution >= 0.6 is 0 Å². The lowest BCUT2D eigenvalue weighted by Crippen LogP contribution is -1.45. The van der Waals surface area contributed by atoms with Crippen molar-refractivity contribution in [3.05, 3.63) is 12.6 Å². The highest BCUT2D eigenvalue weighted by Crippen LogP contribution is 1.34. The van der Waals surface area contributed by atoms with Crippen LogP contribution in [-0.2, 0) is 4.79 Å². The molecular weight excluding hydrogens is 52.0 g/mol. The number of hydrogen-bond acceptors (Lipinski definition) is 1. The molecule has 1 nitrogen and oxygen atoms in total. The van der Waals surface area contributed by atoms with E-state index in [9.17, 15) is 0 Å². The summed E-state index contributed by atoms with van der Waals surface area (Å²) in [5.74, 6) is 0. The van der Waals surface area contributed by atoms with Gasteiger partial charge in [-0.15, -0.1) is 0 Å². The molecule has 0 unspecified atom stereocenters. The Balaban J connectivity index is 2.92. The summed E-state index contributed by atoms with van der Waals surface area (Å²) in [5, 5.41) is 0. The molecule has 0 bridgehead atoms. The third-order valence-corrected chi connectivity index (χ3v) is 0.0680. The van der Waals surface area contributed by atoms with Crippen LogP contribution in [0.5, 0.6) is 0 Å². The summed E-state index contributed by atoms with van der Waals surface area (Å²) in [6.07, 6.45) is 1.49. The van der Waals surface area contributed by atoms with Gasteiger partial charge in [0.25, 0.3) is 0 Å². The Morgan fingerprint density at radius 1 is 2.25 bits per heavy atom. The van der Waals surface area contributed by atoms with Crippen LogP contribution in [0.1, 0.15) is 1.37 Å². The first-order chi connectivity index (χ1) is 2.41. The van der Waals surface area contributed by atoms with Crippen molar-refractivity contribution in [3.63, 3.8) is 0 Å². The Morgan fingerprint density at radius 3 is 3.00 bits per heavy atom. The van der Waals surface area contributed by atoms with E-state index >= 15 is 0 Å². The zero-order valence-electron chi connectivity index (χ0n) is 3.06. The highest BCUT2D eigenvalue weighted by atomic mass is 16.1. The molecule has 0 aromatic rings. The first-order valence-electron chi connectivity index (χ1n) is 1.36. The van der Waals surface area contributed by atoms with Crippen LogP contribution in [-0.4, -0.2) is 6.29 Å². The van der Waals surface area contributed by atoms with Crippen molar-refractivity contribution in [1.82, 2.24) is 0 Å². The Morgan fingerprint density at radius 2 is 3.00 bits per heavy atom. The van der Waals surface area contributed by atoms with E-state index in [1.807, 2.05) is 0 Å². The van der Waals surface area contributed by atoms with Crippen molar-refractivity contribution < 1.29 is 6.17 Å². The van der Waals surface area contributed by atoms with Crippen molar-refractivity contribution >= 4 is 6.29 Å². The fraction of sp³-hybridized carbons (Fsp3) is 0. The van der Waals surface area contributed by atoms with Gasteiger partial charge in [0, 0.05) is 0 Å². The molecule has 0 radical (unpaired) electrons. The van der Waals surface area contributed by atoms with Gasteiger partial charge in [0.2, 0.25) is 0 Å². The van der Waals surface area contributed by atoms with E-state index in [4.69, 9.17) is 6.17 Å². The Hall–Kier alpha value is -0.590. The molecule has 0 saturated heterocycles. The lowest BCUT2D eigenvalue weighted by Gasteiger charge is -1.53. The van der Waals surface area contributed by atoms with Gasteiger partial charge in [0.1, 0.15) is 0 Å². The van der Waals surface area contributed by atoms with Crippen molar-refractivity contribution in [1.29, 1.82) is 0 Å². The summed E-state index contributed by atoms with van der Waals surface area (Å²) in [4.78, 5) is 9.17. The predicted octanol–water partition coefficient (Wildman–Crippen LogP) is 0.174. The summed E-state index contributed by atoms with van der Waals surface area (Å²) >= 11 is 0. The second kappa shape index (κ2) is 2.41. The first-order valence-corrected chi connectivity index (χ1v) is 0.858. The highest BCUT2D eigenvalue weighted by molar-refractivity contribution is 5.62. The maximum atomic E-state index is 9.17. The van der Waals surface area contributed by atoms with Crippen LogP contribution in [0.4, 0.5) is 0 Å². The van der Waals surface area contributed by atoms with E-state index in [2.05, 4.69) is 0 Å². The molecule has 0 saturated carbocycles. The van der Waals surface area contributed by atoms with Gasteiger partial charge in [0.05, 0.1) is 0 Å². The predicted molar refractivity (Wildman–Crippen MR) is 14.9 cm³/mol. The second-order valence-electron chi connectivity index (χ2n) is 0.303. The summed E-state index contributed by atoms with van der Waals surface area (Å²) in [6, 6.07) is 0. The highest BCUT2D eigenvalue weighted by Gasteiger charge is 1.22. The van der Waals surface area contributed by atoms with E-state index < -0.39 is 0 Å². The number of rotatable bonds is 1. The minimum Gasteiger partial charge on any atom is -0.410 e. The normalized spacial score (nSPS) is 11.5. The molecule has 4 heavy (non-hydrogen) atoms. The maximum Gasteiger partial charge on any atom is -0.0128 e. The van der Waals surface area contributed by atoms with E-state index in [1.165, 1.54) is 0 Å². The van der Waals surface area contributed by atoms with E-state index in [-0.39, 0.29) is 0 Å². The standard InChI is InChI=1S/C3H3O/c1-2-3-4/h1-3H/q-1/i1D. The number of carbonyl (C=O) groups excluding carboxylic acids is 1. The van der Waals surface area contributed by atoms with Crippen molar-refractivity contribution in [2.24, 2.45) is 0 Å². The van der Waals surface area contributed by atoms with Gasteiger partial charge < -0.3 is 4.79 Å². The number of carbonyl (C=O) groups is 1. The van der Waals surface area contributed by atoms with Crippen LogP contribution in [0.3, 0.4) is 0 Å². The Bertz CT molecular complexity index is 48.9. The smallest absolute Gasteiger partial charge is 0.0128 e. The Labute approximate surface area is 26.3 Å². The molecule has 0 aromatic carbocycles. The van der Waals surface area contributed by atoms with Crippen LogP contribution in [0.25, 0.3) is 0 Å². The largest absolute Gasteiger partial charge is 0.410 e. The molecule has 0 N–H and O–H groups in total. The van der Waals surface area contributed by atoms with Gasteiger partial charge in [-0.2, -0.15) is 0 Å². The first kappa shape index (κ1) is 1.70. The zero-order chi connectivity index (χ0) is 4.12. The summed E-state index contributed by atoms with van der Waals surface area (Å²) in [5.41, 5.74) is 0. The molecule has 1 heteroatoms. The van der Waals surface area contributed by atoms with Crippen molar-refractivity contribution in [3.8, 4) is 0 Å². The monoisotopic (exact) mass is 56.0 g/mol. The van der Waals surface area contributed by atoms with Gasteiger partial charge in [-0.3, -0.25) is 6.55 Å². The molecule has 0 rings (SSSR count). The van der Waals surface area contributed by atoms with Gasteiger partial charge in [0.15, 0.2) is 0 Å². The van der Waals surface area contributed by atoms with Crippen LogP contribution in [0.2, 0.25) is 0 Å². The second-order valence-corrected chi connectivity index (χ2v) is 0.303. The van der Waals surface area contributed by atoms with Crippen molar-refractivity contribution in [2.45, 2.75) is 0 Å². The third-order valence-electron chi connectivity index (χ3n) is 0.0680. The summed E-state index contributed by atoms with van der Waals surface area (Å²) in [6.45, 7) is 1.77. The lowest BCUT2D eigenvalue weighted by atomic mass is 10.8. The summed E-state index contributed by atoms with van der Waals surface area (Å²) in [7, 11) is 0. The Kier molecular flexibility index (Phi) is 1.03. The number of allylic oxidation sites excluding steroid dienone is 1. The number of hydrogen-bond donors (Lipinski definition) is 0. The molecule has 0 aliphatic carbocycles. The molecule has 0 spiro atoms. The molecule has 0 heterocycles. The molecule has 0 aliphatic rings. The minimum absolute atomic E-state index is 0.507. The van der Waals surface area contributed by atoms with Gasteiger partial charge in [-0.05, 0) is 6.29 Å². The molecule has 0 amide bonds. The third kappa shape index (κ3) is 1.41. The minimum atomic E-state index is 0.507. The fourth-order valence-corrected chi connectivity index (χ4v) is 0. The fourth-order valence-electron chi connectivity index (χ4n) is 0.